The van der Waals surface area contributed by atoms with E-state index in [0.29, 0.717) is 15.8 Å². The number of furan rings is 1. The Hall–Kier alpha value is -3.20. The fourth-order valence-corrected chi connectivity index (χ4v) is 5.69. The maximum absolute atomic E-state index is 12.2. The Kier molecular flexibility index (Phi) is 7.56. The van der Waals surface area contributed by atoms with Gasteiger partial charge in [0.05, 0.1) is 22.4 Å². The number of pyridine rings is 1. The molecule has 1 amide bonds. The Bertz CT molecular complexity index is 1510. The van der Waals surface area contributed by atoms with E-state index < -0.39 is 0 Å². The van der Waals surface area contributed by atoms with Crippen molar-refractivity contribution in [2.24, 2.45) is 5.92 Å². The molecule has 2 atom stereocenters. The summed E-state index contributed by atoms with van der Waals surface area (Å²) in [6.45, 7) is 5.72. The number of anilines is 2. The van der Waals surface area contributed by atoms with E-state index in [1.807, 2.05) is 68.1 Å². The molecule has 3 heterocycles. The van der Waals surface area contributed by atoms with Crippen LogP contribution in [0.25, 0.3) is 11.3 Å². The molecule has 0 bridgehead atoms. The lowest BCUT2D eigenvalue weighted by molar-refractivity contribution is -0.118. The van der Waals surface area contributed by atoms with E-state index in [9.17, 15) is 4.79 Å². The highest BCUT2D eigenvalue weighted by molar-refractivity contribution is 9.10. The molecule has 0 saturated carbocycles. The van der Waals surface area contributed by atoms with E-state index >= 15 is 0 Å². The first kappa shape index (κ1) is 26.4. The summed E-state index contributed by atoms with van der Waals surface area (Å²) in [5.74, 6) is 1.21. The fourth-order valence-electron chi connectivity index (χ4n) is 4.43. The van der Waals surface area contributed by atoms with Gasteiger partial charge < -0.3 is 20.0 Å². The lowest BCUT2D eigenvalue weighted by atomic mass is 10.0. The van der Waals surface area contributed by atoms with Gasteiger partial charge in [-0.3, -0.25) is 9.78 Å². The van der Waals surface area contributed by atoms with Gasteiger partial charge >= 0.3 is 0 Å². The second-order valence-corrected chi connectivity index (χ2v) is 11.1. The molecule has 5 rings (SSSR count). The molecule has 0 aliphatic carbocycles. The maximum Gasteiger partial charge on any atom is 0.226 e. The number of halogens is 2. The van der Waals surface area contributed by atoms with Gasteiger partial charge in [-0.2, -0.15) is 0 Å². The van der Waals surface area contributed by atoms with Gasteiger partial charge in [-0.05, 0) is 79.3 Å². The molecule has 9 heteroatoms. The molecule has 6 nitrogen and oxygen atoms in total. The Morgan fingerprint density at radius 1 is 1.16 bits per heavy atom. The summed E-state index contributed by atoms with van der Waals surface area (Å²) in [5.41, 5.74) is 4.28. The molecule has 0 spiro atoms. The molecule has 2 aromatic heterocycles. The minimum atomic E-state index is -0.331. The third-order valence-electron chi connectivity index (χ3n) is 6.42. The van der Waals surface area contributed by atoms with Crippen LogP contribution < -0.4 is 15.5 Å². The number of nitrogens with one attached hydrogen (secondary N) is 2. The highest BCUT2D eigenvalue weighted by atomic mass is 79.9. The zero-order valence-corrected chi connectivity index (χ0v) is 24.2. The standard InChI is InChI=1S/C29H26BrClN4O2S/c1-16(2)28(36)33-22-10-8-18(15-21(22)31)35-27(26(34-29(35)38)23-6-4-5-13-32-23)25-12-11-24(37-25)19-9-7-17(3)14-20(19)30/h4-16,26-27H,1-3H3,(H,33,36)(H,34,38)/t26-,27+/m0/s1. The molecule has 4 aromatic rings. The van der Waals surface area contributed by atoms with Gasteiger partial charge in [0.15, 0.2) is 5.11 Å². The first-order valence-electron chi connectivity index (χ1n) is 12.2. The van der Waals surface area contributed by atoms with Crippen LogP contribution in [0.3, 0.4) is 0 Å². The van der Waals surface area contributed by atoms with Crippen LogP contribution in [0.5, 0.6) is 0 Å². The number of hydrogen-bond acceptors (Lipinski definition) is 4. The van der Waals surface area contributed by atoms with E-state index in [2.05, 4.69) is 43.7 Å². The monoisotopic (exact) mass is 608 g/mol. The van der Waals surface area contributed by atoms with Crippen molar-refractivity contribution < 1.29 is 9.21 Å². The second kappa shape index (κ2) is 10.9. The van der Waals surface area contributed by atoms with Crippen LogP contribution in [-0.2, 0) is 4.79 Å². The molecular formula is C29H26BrClN4O2S. The minimum Gasteiger partial charge on any atom is -0.459 e. The third kappa shape index (κ3) is 5.21. The Morgan fingerprint density at radius 3 is 2.66 bits per heavy atom. The molecule has 38 heavy (non-hydrogen) atoms. The van der Waals surface area contributed by atoms with Crippen LogP contribution in [0.15, 0.2) is 81.8 Å². The molecule has 1 saturated heterocycles. The molecular weight excluding hydrogens is 584 g/mol. The maximum atomic E-state index is 12.2. The third-order valence-corrected chi connectivity index (χ3v) is 7.70. The molecule has 0 unspecified atom stereocenters. The summed E-state index contributed by atoms with van der Waals surface area (Å²) in [6.07, 6.45) is 1.76. The van der Waals surface area contributed by atoms with Crippen molar-refractivity contribution in [3.05, 3.63) is 99.4 Å². The van der Waals surface area contributed by atoms with Gasteiger partial charge in [-0.1, -0.05) is 53.5 Å². The minimum absolute atomic E-state index is 0.100. The highest BCUT2D eigenvalue weighted by Crippen LogP contribution is 2.44. The molecule has 1 aliphatic rings. The molecule has 0 radical (unpaired) electrons. The molecule has 194 valence electrons. The zero-order valence-electron chi connectivity index (χ0n) is 21.0. The summed E-state index contributed by atoms with van der Waals surface area (Å²) in [6, 6.07) is 20.8. The number of rotatable bonds is 6. The van der Waals surface area contributed by atoms with Crippen molar-refractivity contribution in [3.63, 3.8) is 0 Å². The lowest BCUT2D eigenvalue weighted by Gasteiger charge is -2.26. The van der Waals surface area contributed by atoms with E-state index in [0.717, 1.165) is 38.5 Å². The molecule has 1 fully saturated rings. The molecule has 2 N–H and O–H groups in total. The van der Waals surface area contributed by atoms with Gasteiger partial charge in [-0.25, -0.2) is 0 Å². The smallest absolute Gasteiger partial charge is 0.226 e. The van der Waals surface area contributed by atoms with Crippen molar-refractivity contribution in [3.8, 4) is 11.3 Å². The predicted molar refractivity (Wildman–Crippen MR) is 159 cm³/mol. The second-order valence-electron chi connectivity index (χ2n) is 9.49. The van der Waals surface area contributed by atoms with Crippen LogP contribution in [-0.4, -0.2) is 16.0 Å². The SMILES string of the molecule is Cc1ccc(-c2ccc([C@@H]3[C@H](c4ccccn4)NC(=S)N3c3ccc(NC(=O)C(C)C)c(Cl)c3)o2)c(Br)c1. The zero-order chi connectivity index (χ0) is 27.0. The number of benzene rings is 2. The van der Waals surface area contributed by atoms with E-state index in [4.69, 9.17) is 28.2 Å². The number of aryl methyl sites for hydroxylation is 1. The van der Waals surface area contributed by atoms with Crippen LogP contribution in [0.1, 0.15) is 42.9 Å². The number of hydrogen-bond donors (Lipinski definition) is 2. The predicted octanol–water partition coefficient (Wildman–Crippen LogP) is 7.84. The number of amides is 1. The average molecular weight is 610 g/mol. The van der Waals surface area contributed by atoms with E-state index in [-0.39, 0.29) is 23.9 Å². The lowest BCUT2D eigenvalue weighted by Crippen LogP contribution is -2.29. The summed E-state index contributed by atoms with van der Waals surface area (Å²) in [5, 5.41) is 7.25. The first-order chi connectivity index (χ1) is 18.2. The average Bonchev–Trinajstić information content (AvgIpc) is 3.50. The van der Waals surface area contributed by atoms with E-state index in [1.54, 1.807) is 18.3 Å². The van der Waals surface area contributed by atoms with Crippen LogP contribution in [0.4, 0.5) is 11.4 Å². The fraction of sp³-hybridized carbons (Fsp3) is 0.207. The van der Waals surface area contributed by atoms with Crippen LogP contribution >= 0.6 is 39.7 Å². The van der Waals surface area contributed by atoms with Crippen molar-refractivity contribution >= 4 is 62.1 Å². The quantitative estimate of drug-likeness (QED) is 0.217. The summed E-state index contributed by atoms with van der Waals surface area (Å²) in [7, 11) is 0. The Balaban J connectivity index is 1.56. The normalized spacial score (nSPS) is 17.1. The summed E-state index contributed by atoms with van der Waals surface area (Å²) in [4.78, 5) is 18.8. The van der Waals surface area contributed by atoms with Crippen LogP contribution in [0, 0.1) is 12.8 Å². The first-order valence-corrected chi connectivity index (χ1v) is 13.8. The summed E-state index contributed by atoms with van der Waals surface area (Å²) < 4.78 is 7.43. The van der Waals surface area contributed by atoms with Crippen molar-refractivity contribution in [2.45, 2.75) is 32.9 Å². The Labute approximate surface area is 240 Å². The van der Waals surface area contributed by atoms with Crippen LogP contribution in [0.2, 0.25) is 5.02 Å². The van der Waals surface area contributed by atoms with Gasteiger partial charge in [0, 0.05) is 27.8 Å². The number of carbonyl (C=O) groups excluding carboxylic acids is 1. The Morgan fingerprint density at radius 2 is 1.97 bits per heavy atom. The van der Waals surface area contributed by atoms with Gasteiger partial charge in [0.1, 0.15) is 17.6 Å². The number of nitrogens with zero attached hydrogens (tertiary/aromatic N) is 2. The molecule has 1 aliphatic heterocycles. The van der Waals surface area contributed by atoms with Gasteiger partial charge in [0.2, 0.25) is 5.91 Å². The number of carbonyl (C=O) groups is 1. The topological polar surface area (TPSA) is 70.4 Å². The summed E-state index contributed by atoms with van der Waals surface area (Å²) >= 11 is 16.1. The van der Waals surface area contributed by atoms with Gasteiger partial charge in [0.25, 0.3) is 0 Å². The van der Waals surface area contributed by atoms with Crippen molar-refractivity contribution in [1.29, 1.82) is 0 Å². The van der Waals surface area contributed by atoms with Gasteiger partial charge in [-0.15, -0.1) is 0 Å². The van der Waals surface area contributed by atoms with Crippen molar-refractivity contribution in [2.75, 3.05) is 10.2 Å². The van der Waals surface area contributed by atoms with Crippen molar-refractivity contribution in [1.82, 2.24) is 10.3 Å². The highest BCUT2D eigenvalue weighted by Gasteiger charge is 2.42. The largest absolute Gasteiger partial charge is 0.459 e. The number of thiocarbonyl (C=S) groups is 1. The van der Waals surface area contributed by atoms with E-state index in [1.165, 1.54) is 0 Å². The molecule has 2 aromatic carbocycles. The number of aromatic nitrogens is 1.